The van der Waals surface area contributed by atoms with Gasteiger partial charge in [0.1, 0.15) is 6.61 Å². The molecule has 164 valence electrons. The summed E-state index contributed by atoms with van der Waals surface area (Å²) in [6.45, 7) is 0.439. The summed E-state index contributed by atoms with van der Waals surface area (Å²) < 4.78 is 4.78. The molecule has 1 aliphatic heterocycles. The van der Waals surface area contributed by atoms with Gasteiger partial charge in [-0.2, -0.15) is 0 Å². The molecule has 3 nitrogen and oxygen atoms in total. The standard InChI is InChI=1S/C20H28O.C8H6O2/c21-20(18-14-8-3-9-15-18)19(16-10-4-1-5-11-16)17-12-6-2-7-13-17;9-8-7-4-2-1-3-6(7)5-10-8/h3,8-9,14-17,19H,1-2,4-7,10-13H2;1-4H,5H2. The molecule has 0 saturated heterocycles. The van der Waals surface area contributed by atoms with Gasteiger partial charge in [0.15, 0.2) is 5.78 Å². The van der Waals surface area contributed by atoms with Crippen molar-refractivity contribution in [1.29, 1.82) is 0 Å². The van der Waals surface area contributed by atoms with E-state index in [1.54, 1.807) is 6.07 Å². The highest BCUT2D eigenvalue weighted by Crippen LogP contribution is 2.41. The van der Waals surface area contributed by atoms with E-state index in [2.05, 4.69) is 0 Å². The van der Waals surface area contributed by atoms with Crippen LogP contribution in [0.1, 0.15) is 90.5 Å². The van der Waals surface area contributed by atoms with Crippen LogP contribution in [0.5, 0.6) is 0 Å². The van der Waals surface area contributed by atoms with E-state index >= 15 is 0 Å². The number of ketones is 1. The van der Waals surface area contributed by atoms with Gasteiger partial charge in [0, 0.05) is 17.0 Å². The van der Waals surface area contributed by atoms with E-state index in [0.29, 0.717) is 35.7 Å². The van der Waals surface area contributed by atoms with Gasteiger partial charge in [-0.25, -0.2) is 4.79 Å². The zero-order valence-corrected chi connectivity index (χ0v) is 18.4. The highest BCUT2D eigenvalue weighted by atomic mass is 16.5. The Hall–Kier alpha value is -2.42. The molecule has 1 heterocycles. The summed E-state index contributed by atoms with van der Waals surface area (Å²) in [6.07, 6.45) is 13.2. The van der Waals surface area contributed by atoms with Crippen LogP contribution >= 0.6 is 0 Å². The van der Waals surface area contributed by atoms with Crippen LogP contribution in [-0.4, -0.2) is 11.8 Å². The predicted molar refractivity (Wildman–Crippen MR) is 123 cm³/mol. The fraction of sp³-hybridized carbons (Fsp3) is 0.500. The smallest absolute Gasteiger partial charge is 0.338 e. The van der Waals surface area contributed by atoms with Crippen molar-refractivity contribution in [3.8, 4) is 0 Å². The summed E-state index contributed by atoms with van der Waals surface area (Å²) in [6, 6.07) is 17.5. The Bertz CT molecular complexity index is 843. The minimum atomic E-state index is -0.199. The Morgan fingerprint density at radius 3 is 1.87 bits per heavy atom. The molecule has 0 unspecified atom stereocenters. The predicted octanol–water partition coefficient (Wildman–Crippen LogP) is 7.00. The van der Waals surface area contributed by atoms with Gasteiger partial charge in [-0.3, -0.25) is 4.79 Å². The number of cyclic esters (lactones) is 1. The van der Waals surface area contributed by atoms with Gasteiger partial charge < -0.3 is 4.74 Å². The van der Waals surface area contributed by atoms with Gasteiger partial charge in [-0.15, -0.1) is 0 Å². The summed E-state index contributed by atoms with van der Waals surface area (Å²) in [4.78, 5) is 24.0. The van der Waals surface area contributed by atoms with Gasteiger partial charge in [-0.05, 0) is 43.6 Å². The Balaban J connectivity index is 0.000000192. The molecule has 0 amide bonds. The quantitative estimate of drug-likeness (QED) is 0.396. The normalized spacial score (nSPS) is 19.3. The number of ether oxygens (including phenoxy) is 1. The molecule has 31 heavy (non-hydrogen) atoms. The molecule has 2 aliphatic carbocycles. The Morgan fingerprint density at radius 1 is 0.742 bits per heavy atom. The second-order valence-corrected chi connectivity index (χ2v) is 9.29. The van der Waals surface area contributed by atoms with Gasteiger partial charge in [0.05, 0.1) is 5.56 Å². The number of hydrogen-bond acceptors (Lipinski definition) is 3. The second kappa shape index (κ2) is 10.7. The second-order valence-electron chi connectivity index (χ2n) is 9.29. The van der Waals surface area contributed by atoms with Gasteiger partial charge >= 0.3 is 5.97 Å². The molecule has 0 spiro atoms. The lowest BCUT2D eigenvalue weighted by atomic mass is 9.67. The van der Waals surface area contributed by atoms with E-state index in [-0.39, 0.29) is 5.97 Å². The van der Waals surface area contributed by atoms with Crippen molar-refractivity contribution < 1.29 is 14.3 Å². The summed E-state index contributed by atoms with van der Waals surface area (Å²) >= 11 is 0. The summed E-state index contributed by atoms with van der Waals surface area (Å²) in [5, 5.41) is 0. The minimum absolute atomic E-state index is 0.199. The number of fused-ring (bicyclic) bond motifs is 1. The lowest BCUT2D eigenvalue weighted by Gasteiger charge is -2.37. The van der Waals surface area contributed by atoms with Crippen LogP contribution in [0.2, 0.25) is 0 Å². The van der Waals surface area contributed by atoms with Crippen molar-refractivity contribution in [2.24, 2.45) is 17.8 Å². The molecule has 0 aromatic heterocycles. The molecule has 0 bridgehead atoms. The molecule has 3 aliphatic rings. The summed E-state index contributed by atoms with van der Waals surface area (Å²) in [5.74, 6) is 1.84. The molecule has 2 aromatic carbocycles. The number of benzene rings is 2. The van der Waals surface area contributed by atoms with Crippen LogP contribution in [-0.2, 0) is 11.3 Å². The van der Waals surface area contributed by atoms with Crippen molar-refractivity contribution in [3.63, 3.8) is 0 Å². The molecular formula is C28H34O3. The van der Waals surface area contributed by atoms with Crippen molar-refractivity contribution >= 4 is 11.8 Å². The largest absolute Gasteiger partial charge is 0.457 e. The number of rotatable bonds is 4. The van der Waals surface area contributed by atoms with E-state index < -0.39 is 0 Å². The zero-order valence-electron chi connectivity index (χ0n) is 18.4. The molecule has 2 saturated carbocycles. The molecule has 5 rings (SSSR count). The van der Waals surface area contributed by atoms with E-state index in [9.17, 15) is 9.59 Å². The molecule has 3 heteroatoms. The molecule has 0 atom stereocenters. The fourth-order valence-electron chi connectivity index (χ4n) is 5.66. The third-order valence-electron chi connectivity index (χ3n) is 7.27. The Morgan fingerprint density at radius 2 is 1.29 bits per heavy atom. The van der Waals surface area contributed by atoms with Crippen molar-refractivity contribution in [2.45, 2.75) is 70.8 Å². The highest BCUT2D eigenvalue weighted by Gasteiger charge is 2.36. The van der Waals surface area contributed by atoms with Crippen LogP contribution in [0.15, 0.2) is 54.6 Å². The molecule has 0 radical (unpaired) electrons. The van der Waals surface area contributed by atoms with E-state index in [1.165, 1.54) is 64.2 Å². The fourth-order valence-corrected chi connectivity index (χ4v) is 5.66. The summed E-state index contributed by atoms with van der Waals surface area (Å²) in [5.41, 5.74) is 2.65. The Kier molecular flexibility index (Phi) is 7.56. The SMILES string of the molecule is O=C(c1ccccc1)C(C1CCCCC1)C1CCCCC1.O=C1OCc2ccccc21. The number of carbonyl (C=O) groups excluding carboxylic acids is 2. The van der Waals surface area contributed by atoms with Gasteiger partial charge in [-0.1, -0.05) is 87.1 Å². The van der Waals surface area contributed by atoms with Crippen LogP contribution in [0.4, 0.5) is 0 Å². The summed E-state index contributed by atoms with van der Waals surface area (Å²) in [7, 11) is 0. The third kappa shape index (κ3) is 5.44. The lowest BCUT2D eigenvalue weighted by Crippen LogP contribution is -2.33. The first-order valence-electron chi connectivity index (χ1n) is 12.1. The molecule has 0 N–H and O–H groups in total. The van der Waals surface area contributed by atoms with E-state index in [4.69, 9.17) is 4.74 Å². The highest BCUT2D eigenvalue weighted by molar-refractivity contribution is 5.98. The number of esters is 1. The average molecular weight is 419 g/mol. The molecular weight excluding hydrogens is 384 g/mol. The van der Waals surface area contributed by atoms with Crippen LogP contribution in [0, 0.1) is 17.8 Å². The van der Waals surface area contributed by atoms with Gasteiger partial charge in [0.2, 0.25) is 0 Å². The number of carbonyl (C=O) groups is 2. The minimum Gasteiger partial charge on any atom is -0.457 e. The van der Waals surface area contributed by atoms with E-state index in [1.807, 2.05) is 48.5 Å². The maximum absolute atomic E-state index is 13.1. The molecule has 2 aromatic rings. The van der Waals surface area contributed by atoms with Gasteiger partial charge in [0.25, 0.3) is 0 Å². The van der Waals surface area contributed by atoms with Crippen molar-refractivity contribution in [3.05, 3.63) is 71.3 Å². The van der Waals surface area contributed by atoms with E-state index in [0.717, 1.165) is 11.1 Å². The van der Waals surface area contributed by atoms with Crippen molar-refractivity contribution in [2.75, 3.05) is 0 Å². The zero-order chi connectivity index (χ0) is 21.5. The first-order valence-corrected chi connectivity index (χ1v) is 12.1. The number of Topliss-reactive ketones (excluding diaryl/α,β-unsaturated/α-hetero) is 1. The topological polar surface area (TPSA) is 43.4 Å². The molecule has 2 fully saturated rings. The van der Waals surface area contributed by atoms with Crippen LogP contribution < -0.4 is 0 Å². The van der Waals surface area contributed by atoms with Crippen molar-refractivity contribution in [1.82, 2.24) is 0 Å². The first-order chi connectivity index (χ1) is 15.2. The maximum Gasteiger partial charge on any atom is 0.338 e. The number of hydrogen-bond donors (Lipinski definition) is 0. The van der Waals surface area contributed by atoms with Crippen LogP contribution in [0.25, 0.3) is 0 Å². The first kappa shape index (κ1) is 21.8. The maximum atomic E-state index is 13.1. The average Bonchev–Trinajstić information content (AvgIpc) is 3.22. The monoisotopic (exact) mass is 418 g/mol. The van der Waals surface area contributed by atoms with Crippen LogP contribution in [0.3, 0.4) is 0 Å². The Labute approximate surface area is 186 Å². The third-order valence-corrected chi connectivity index (χ3v) is 7.27. The lowest BCUT2D eigenvalue weighted by molar-refractivity contribution is 0.0534.